The summed E-state index contributed by atoms with van der Waals surface area (Å²) in [4.78, 5) is 264. The van der Waals surface area contributed by atoms with Crippen molar-refractivity contribution in [3.63, 3.8) is 0 Å². The van der Waals surface area contributed by atoms with E-state index < -0.39 is 286 Å². The maximum Gasteiger partial charge on any atom is 0.326 e. The van der Waals surface area contributed by atoms with E-state index in [-0.39, 0.29) is 56.1 Å². The number of nitrogens with one attached hydrogen (secondary N) is 13. The Morgan fingerprint density at radius 1 is 0.324 bits per heavy atom. The minimum absolute atomic E-state index is 0.0200. The van der Waals surface area contributed by atoms with Gasteiger partial charge < -0.3 is 128 Å². The third-order valence-corrected chi connectivity index (χ3v) is 17.5. The van der Waals surface area contributed by atoms with Crippen LogP contribution < -0.4 is 97.8 Å². The van der Waals surface area contributed by atoms with Crippen molar-refractivity contribution >= 4 is 142 Å². The van der Waals surface area contributed by atoms with Crippen LogP contribution in [0.15, 0.2) is 0 Å². The number of primary amides is 3. The van der Waals surface area contributed by atoms with E-state index in [9.17, 15) is 121 Å². The Hall–Kier alpha value is -10.1. The number of rotatable bonds is 58. The first-order valence-electron chi connectivity index (χ1n) is 35.2. The zero-order chi connectivity index (χ0) is 85.1. The highest BCUT2D eigenvalue weighted by molar-refractivity contribution is 7.98. The summed E-state index contributed by atoms with van der Waals surface area (Å²) < 4.78 is 0. The van der Waals surface area contributed by atoms with E-state index in [4.69, 9.17) is 33.8 Å². The molecule has 0 aromatic rings. The van der Waals surface area contributed by atoms with Gasteiger partial charge in [-0.05, 0) is 106 Å². The fourth-order valence-electron chi connectivity index (χ4n) is 10.1. The number of hydrogen-bond acceptors (Lipinski definition) is 26. The van der Waals surface area contributed by atoms with Gasteiger partial charge in [0, 0.05) is 19.3 Å². The second-order valence-electron chi connectivity index (χ2n) is 26.7. The number of carbonyl (C=O) groups is 20. The third kappa shape index (κ3) is 40.5. The van der Waals surface area contributed by atoms with Crippen LogP contribution in [-0.2, 0) is 95.9 Å². The number of unbranched alkanes of at least 4 members (excludes halogenated alkanes) is 1. The predicted octanol–water partition coefficient (Wildman–Crippen LogP) is -9.10. The number of thioether (sulfide) groups is 2. The van der Waals surface area contributed by atoms with Crippen molar-refractivity contribution in [1.29, 1.82) is 0 Å². The lowest BCUT2D eigenvalue weighted by Gasteiger charge is -2.29. The van der Waals surface area contributed by atoms with Crippen molar-refractivity contribution in [3.8, 4) is 0 Å². The van der Waals surface area contributed by atoms with E-state index in [0.717, 1.165) is 0 Å². The number of carbonyl (C=O) groups excluding carboxylic acids is 16. The Morgan fingerprint density at radius 3 is 0.919 bits per heavy atom. The number of nitrogens with two attached hydrogens (primary N) is 5. The summed E-state index contributed by atoms with van der Waals surface area (Å²) in [5, 5.41) is 87.8. The number of aliphatic hydroxyl groups is 2. The van der Waals surface area contributed by atoms with E-state index >= 15 is 0 Å². The van der Waals surface area contributed by atoms with Crippen molar-refractivity contribution in [2.24, 2.45) is 46.4 Å². The largest absolute Gasteiger partial charge is 0.481 e. The fraction of sp³-hybridized carbons (Fsp3) is 0.692. The summed E-state index contributed by atoms with van der Waals surface area (Å²) >= 11 is 2.42. The molecule has 0 saturated carbocycles. The smallest absolute Gasteiger partial charge is 0.326 e. The van der Waals surface area contributed by atoms with Gasteiger partial charge in [-0.2, -0.15) is 23.5 Å². The Kier molecular flexibility index (Phi) is 48.1. The molecule has 44 nitrogen and oxygen atoms in total. The van der Waals surface area contributed by atoms with E-state index in [1.165, 1.54) is 51.2 Å². The maximum atomic E-state index is 14.2. The standard InChI is InChI=1S/C65H110N18O26S2/c1-29(2)23-32(67)52(95)80-42(27-84)61(104)71-33(11-9-10-20-66)53(96)74-36(18-21-110-7)55(98)72-34(12-15-44(68)86)54(97)78-40(25-48(91)92)60(103)79-41(26-49(93)94)59(102)77-39(24-46(70)88)58(101)73-35(13-16-45(69)87)56(99)82-50(30(3)4)63(106)75-37(19-22-111-8)57(100)83-51(31(5)6)64(107)81-43(28-85)62(105)76-38(65(108)109)14-17-47(89)90/h29-43,50-51,84-85H,9-28,66-67H2,1-8H3,(H2,68,86)(H2,69,87)(H2,70,88)(H,71,104)(H,72,98)(H,73,101)(H,74,96)(H,75,106)(H,76,105)(H,77,102)(H,78,97)(H,79,103)(H,80,95)(H,81,107)(H,82,99)(H,83,100)(H,89,90)(H,91,92)(H,93,94)(H,108,109)/t32-,33-,34-,35-,36-,37-,38-,39-,40-,41-,42-,43-,50-,51-/m0/s1. The van der Waals surface area contributed by atoms with E-state index in [1.807, 2.05) is 16.0 Å². The van der Waals surface area contributed by atoms with Crippen LogP contribution in [0.3, 0.4) is 0 Å². The molecule has 111 heavy (non-hydrogen) atoms. The highest BCUT2D eigenvalue weighted by Gasteiger charge is 2.40. The van der Waals surface area contributed by atoms with Crippen LogP contribution in [0.5, 0.6) is 0 Å². The molecular formula is C65H110N18O26S2. The highest BCUT2D eigenvalue weighted by Crippen LogP contribution is 2.14. The van der Waals surface area contributed by atoms with Crippen molar-refractivity contribution < 1.29 is 127 Å². The van der Waals surface area contributed by atoms with Crippen LogP contribution in [0.25, 0.3) is 0 Å². The molecule has 0 radical (unpaired) electrons. The number of carboxylic acid groups (broad SMARTS) is 4. The van der Waals surface area contributed by atoms with Crippen LogP contribution in [0.4, 0.5) is 0 Å². The van der Waals surface area contributed by atoms with Gasteiger partial charge in [0.1, 0.15) is 78.5 Å². The number of hydrogen-bond donors (Lipinski definition) is 24. The molecule has 628 valence electrons. The molecule has 0 unspecified atom stereocenters. The molecule has 0 aliphatic rings. The number of aliphatic carboxylic acids is 4. The molecule has 0 bridgehead atoms. The van der Waals surface area contributed by atoms with Gasteiger partial charge >= 0.3 is 23.9 Å². The zero-order valence-electron chi connectivity index (χ0n) is 63.0. The van der Waals surface area contributed by atoms with Gasteiger partial charge in [-0.15, -0.1) is 0 Å². The first-order valence-corrected chi connectivity index (χ1v) is 38.0. The van der Waals surface area contributed by atoms with Crippen molar-refractivity contribution in [3.05, 3.63) is 0 Å². The molecule has 0 aromatic carbocycles. The molecule has 16 amide bonds. The Labute approximate surface area is 647 Å². The zero-order valence-corrected chi connectivity index (χ0v) is 64.6. The SMILES string of the molecule is CSCC[C@H](NC(=O)[C@H](CCCCN)NC(=O)[C@H](CO)NC(=O)[C@@H](N)CC(C)C)C(=O)N[C@@H](CCC(N)=O)C(=O)N[C@@H](CC(=O)O)C(=O)N[C@@H](CC(=O)O)C(=O)N[C@@H](CC(N)=O)C(=O)N[C@@H](CCC(N)=O)C(=O)N[C@H](C(=O)N[C@@H](CCSC)C(=O)N[C@H](C(=O)N[C@@H](CO)C(=O)N[C@@H](CCC(=O)O)C(=O)O)C(C)C)C(C)C. The second kappa shape index (κ2) is 52.9. The summed E-state index contributed by atoms with van der Waals surface area (Å²) in [6.07, 6.45) is -4.10. The van der Waals surface area contributed by atoms with Gasteiger partial charge in [0.2, 0.25) is 94.5 Å². The molecule has 0 saturated heterocycles. The predicted molar refractivity (Wildman–Crippen MR) is 395 cm³/mol. The van der Waals surface area contributed by atoms with Crippen LogP contribution in [-0.4, -0.2) is 277 Å². The minimum Gasteiger partial charge on any atom is -0.481 e. The van der Waals surface area contributed by atoms with Gasteiger partial charge in [0.05, 0.1) is 38.5 Å². The van der Waals surface area contributed by atoms with Crippen molar-refractivity contribution in [2.75, 3.05) is 43.8 Å². The number of carboxylic acids is 4. The highest BCUT2D eigenvalue weighted by atomic mass is 32.2. The molecule has 29 N–H and O–H groups in total. The molecule has 46 heteroatoms. The normalized spacial score (nSPS) is 14.9. The number of aliphatic hydroxyl groups excluding tert-OH is 2. The van der Waals surface area contributed by atoms with Gasteiger partial charge in [-0.3, -0.25) is 91.1 Å². The minimum atomic E-state index is -2.35. The Morgan fingerprint density at radius 2 is 0.613 bits per heavy atom. The summed E-state index contributed by atoms with van der Waals surface area (Å²) in [6.45, 7) is 7.55. The van der Waals surface area contributed by atoms with Gasteiger partial charge in [-0.25, -0.2) is 4.79 Å². The van der Waals surface area contributed by atoms with E-state index in [2.05, 4.69) is 53.2 Å². The lowest BCUT2D eigenvalue weighted by molar-refractivity contribution is -0.144. The summed E-state index contributed by atoms with van der Waals surface area (Å²) in [5.74, 6) is -27.0. The quantitative estimate of drug-likeness (QED) is 0.0252. The summed E-state index contributed by atoms with van der Waals surface area (Å²) in [6, 6.07) is -24.5. The van der Waals surface area contributed by atoms with Gasteiger partial charge in [0.25, 0.3) is 0 Å². The first-order chi connectivity index (χ1) is 51.9. The second-order valence-corrected chi connectivity index (χ2v) is 28.7. The van der Waals surface area contributed by atoms with Gasteiger partial charge in [-0.1, -0.05) is 41.5 Å². The summed E-state index contributed by atoms with van der Waals surface area (Å²) in [5.41, 5.74) is 27.8. The number of amides is 16. The third-order valence-electron chi connectivity index (χ3n) is 16.2. The fourth-order valence-corrected chi connectivity index (χ4v) is 11.1. The Balaban J connectivity index is 7.12. The van der Waals surface area contributed by atoms with E-state index in [0.29, 0.717) is 6.42 Å². The average molecular weight is 1620 g/mol. The van der Waals surface area contributed by atoms with Crippen LogP contribution >= 0.6 is 23.5 Å². The van der Waals surface area contributed by atoms with Crippen molar-refractivity contribution in [1.82, 2.24) is 69.1 Å². The molecular weight excluding hydrogens is 1510 g/mol. The van der Waals surface area contributed by atoms with Crippen molar-refractivity contribution in [2.45, 2.75) is 222 Å². The molecule has 0 fully saturated rings. The topological polar surface area (TPSA) is 749 Å². The molecule has 0 spiro atoms. The molecule has 0 heterocycles. The Bertz CT molecular complexity index is 3240. The van der Waals surface area contributed by atoms with Gasteiger partial charge in [0.15, 0.2) is 0 Å². The molecule has 0 aliphatic carbocycles. The van der Waals surface area contributed by atoms with Crippen LogP contribution in [0.2, 0.25) is 0 Å². The lowest BCUT2D eigenvalue weighted by Crippen LogP contribution is -2.62. The summed E-state index contributed by atoms with van der Waals surface area (Å²) in [7, 11) is 0. The molecule has 0 aliphatic heterocycles. The van der Waals surface area contributed by atoms with E-state index in [1.54, 1.807) is 26.4 Å². The monoisotopic (exact) mass is 1620 g/mol. The molecule has 14 atom stereocenters. The average Bonchev–Trinajstić information content (AvgIpc) is 0.853. The first kappa shape index (κ1) is 101. The van der Waals surface area contributed by atoms with Crippen LogP contribution in [0.1, 0.15) is 138 Å². The van der Waals surface area contributed by atoms with Crippen LogP contribution in [0, 0.1) is 17.8 Å². The lowest BCUT2D eigenvalue weighted by atomic mass is 10.00. The molecule has 0 aromatic heterocycles. The maximum absolute atomic E-state index is 14.2. The molecule has 0 rings (SSSR count).